The molecule has 0 radical (unpaired) electrons. The molecule has 3 unspecified atom stereocenters. The topological polar surface area (TPSA) is 111 Å². The zero-order chi connectivity index (χ0) is 60.0. The monoisotopic (exact) mass is 1170 g/mol. The molecule has 0 saturated heterocycles. The maximum Gasteiger partial charge on any atom is 0.472 e. The first kappa shape index (κ1) is 80.0. The number of nitrogens with zero attached hydrogens (tertiary/aromatic N) is 1. The maximum absolute atomic E-state index is 13.6. The van der Waals surface area contributed by atoms with Crippen molar-refractivity contribution in [3.05, 3.63) is 48.6 Å². The van der Waals surface area contributed by atoms with Crippen molar-refractivity contribution in [2.45, 2.75) is 360 Å². The van der Waals surface area contributed by atoms with Gasteiger partial charge in [0.15, 0.2) is 0 Å². The van der Waals surface area contributed by atoms with Gasteiger partial charge in [0.25, 0.3) is 0 Å². The third-order valence-electron chi connectivity index (χ3n) is 16.0. The number of amides is 1. The van der Waals surface area contributed by atoms with E-state index < -0.39 is 20.0 Å². The minimum absolute atomic E-state index is 0.0378. The number of hydrogen-bond acceptors (Lipinski definition) is 6. The van der Waals surface area contributed by atoms with Gasteiger partial charge in [-0.25, -0.2) is 4.57 Å². The molecular weight excluding hydrogens is 1040 g/mol. The van der Waals surface area contributed by atoms with Gasteiger partial charge in [0.05, 0.1) is 33.8 Å². The van der Waals surface area contributed by atoms with Crippen LogP contribution in [0.1, 0.15) is 348 Å². The molecule has 0 aromatic heterocycles. The summed E-state index contributed by atoms with van der Waals surface area (Å²) in [6.07, 6.45) is 78.5. The Morgan fingerprint density at radius 1 is 0.427 bits per heavy atom. The summed E-state index contributed by atoms with van der Waals surface area (Å²) in [7, 11) is 1.50. The Hall–Kier alpha value is -2.03. The van der Waals surface area contributed by atoms with Crippen LogP contribution in [0.5, 0.6) is 0 Å². The number of quaternary nitrogens is 1. The van der Waals surface area contributed by atoms with Gasteiger partial charge >= 0.3 is 13.8 Å². The van der Waals surface area contributed by atoms with E-state index in [1.165, 1.54) is 231 Å². The van der Waals surface area contributed by atoms with Crippen molar-refractivity contribution in [1.29, 1.82) is 0 Å². The summed E-state index contributed by atoms with van der Waals surface area (Å²) in [6, 6.07) is -0.856. The highest BCUT2D eigenvalue weighted by Gasteiger charge is 2.30. The molecular formula is C72H138N2O7P+. The van der Waals surface area contributed by atoms with Gasteiger partial charge in [0.2, 0.25) is 5.91 Å². The van der Waals surface area contributed by atoms with E-state index in [2.05, 4.69) is 62.5 Å². The predicted molar refractivity (Wildman–Crippen MR) is 355 cm³/mol. The van der Waals surface area contributed by atoms with E-state index in [9.17, 15) is 19.0 Å². The fraction of sp³-hybridized carbons (Fsp3) is 0.861. The number of allylic oxidation sites excluding steroid dienone is 7. The Kier molecular flexibility index (Phi) is 60.5. The van der Waals surface area contributed by atoms with Gasteiger partial charge in [-0.15, -0.1) is 0 Å². The van der Waals surface area contributed by atoms with Gasteiger partial charge in [-0.2, -0.15) is 0 Å². The van der Waals surface area contributed by atoms with Crippen LogP contribution in [0.3, 0.4) is 0 Å². The molecule has 0 fully saturated rings. The molecule has 0 bridgehead atoms. The molecule has 9 nitrogen and oxygen atoms in total. The summed E-state index contributed by atoms with van der Waals surface area (Å²) in [4.78, 5) is 37.8. The average Bonchev–Trinajstić information content (AvgIpc) is 3.44. The third kappa shape index (κ3) is 62.5. The van der Waals surface area contributed by atoms with Crippen molar-refractivity contribution < 1.29 is 37.3 Å². The van der Waals surface area contributed by atoms with Gasteiger partial charge in [-0.1, -0.05) is 314 Å². The molecule has 0 aliphatic rings. The molecule has 82 heavy (non-hydrogen) atoms. The zero-order valence-electron chi connectivity index (χ0n) is 55.2. The van der Waals surface area contributed by atoms with Gasteiger partial charge in [-0.05, 0) is 70.3 Å². The Balaban J connectivity index is 5.01. The lowest BCUT2D eigenvalue weighted by atomic mass is 10.0. The number of phosphoric ester groups is 1. The number of nitrogens with one attached hydrogen (secondary N) is 1. The Labute approximate surface area is 509 Å². The van der Waals surface area contributed by atoms with Crippen molar-refractivity contribution >= 4 is 19.7 Å². The number of ether oxygens (including phenoxy) is 1. The van der Waals surface area contributed by atoms with Gasteiger partial charge < -0.3 is 19.4 Å². The van der Waals surface area contributed by atoms with Crippen LogP contribution >= 0.6 is 7.82 Å². The second-order valence-corrected chi connectivity index (χ2v) is 26.9. The highest BCUT2D eigenvalue weighted by atomic mass is 31.2. The smallest absolute Gasteiger partial charge is 0.456 e. The van der Waals surface area contributed by atoms with Gasteiger partial charge in [-0.3, -0.25) is 18.6 Å². The van der Waals surface area contributed by atoms with Crippen molar-refractivity contribution in [3.8, 4) is 0 Å². The summed E-state index contributed by atoms with van der Waals surface area (Å²) in [5.74, 6) is -0.515. The van der Waals surface area contributed by atoms with Crippen molar-refractivity contribution in [3.63, 3.8) is 0 Å². The van der Waals surface area contributed by atoms with E-state index in [1.54, 1.807) is 0 Å². The number of esters is 1. The summed E-state index contributed by atoms with van der Waals surface area (Å²) in [6.45, 7) is 7.02. The molecule has 10 heteroatoms. The molecule has 0 spiro atoms. The average molecular weight is 1170 g/mol. The number of rotatable bonds is 65. The van der Waals surface area contributed by atoms with Crippen LogP contribution < -0.4 is 5.32 Å². The van der Waals surface area contributed by atoms with Gasteiger partial charge in [0.1, 0.15) is 19.3 Å². The molecule has 0 aromatic carbocycles. The SMILES string of the molecule is CCCCC/C=C\C/C=C\C/C=C\CCCCCCC(=O)OC(/C=C\CCCCCCCCCCCC)C(COP(=O)(O)OCC[N+](C)(C)C)NC(=O)CCCCCCCCCCCCCCCCCCCCCCCCCCCCC. The standard InChI is InChI=1S/C72H137N2O7P/c1-7-10-13-16-19-22-25-28-30-32-33-34-35-36-37-38-39-40-41-43-44-46-49-52-55-58-61-64-71(75)73-69(68-80-82(77,78)79-67-66-74(4,5)6)70(63-60-57-54-51-48-27-24-21-18-15-12-9-3)81-72(76)65-62-59-56-53-50-47-45-42-31-29-26-23-20-17-14-11-8-2/h20,23,29,31,45,47,60,63,69-70H,7-19,21-22,24-28,30,32-44,46,48-59,61-62,64-68H2,1-6H3,(H-,73,75,77,78)/p+1/b23-20-,31-29-,47-45-,63-60-. The normalized spacial score (nSPS) is 13.8. The Morgan fingerprint density at radius 3 is 1.13 bits per heavy atom. The molecule has 0 aliphatic heterocycles. The quantitative estimate of drug-likeness (QED) is 0.0205. The molecule has 482 valence electrons. The van der Waals surface area contributed by atoms with Crippen molar-refractivity contribution in [2.24, 2.45) is 0 Å². The minimum atomic E-state index is -4.46. The first-order chi connectivity index (χ1) is 39.9. The van der Waals surface area contributed by atoms with E-state index >= 15 is 0 Å². The van der Waals surface area contributed by atoms with Crippen LogP contribution in [0.25, 0.3) is 0 Å². The largest absolute Gasteiger partial charge is 0.472 e. The summed E-state index contributed by atoms with van der Waals surface area (Å²) in [5.41, 5.74) is 0. The minimum Gasteiger partial charge on any atom is -0.456 e. The highest BCUT2D eigenvalue weighted by molar-refractivity contribution is 7.47. The summed E-state index contributed by atoms with van der Waals surface area (Å²) < 4.78 is 30.8. The lowest BCUT2D eigenvalue weighted by molar-refractivity contribution is -0.870. The van der Waals surface area contributed by atoms with E-state index in [4.69, 9.17) is 13.8 Å². The molecule has 0 aliphatic carbocycles. The Morgan fingerprint density at radius 2 is 0.744 bits per heavy atom. The number of carbonyl (C=O) groups is 2. The van der Waals surface area contributed by atoms with E-state index in [-0.39, 0.29) is 31.5 Å². The second-order valence-electron chi connectivity index (χ2n) is 25.4. The number of hydrogen-bond donors (Lipinski definition) is 2. The van der Waals surface area contributed by atoms with E-state index in [1.807, 2.05) is 33.3 Å². The highest BCUT2D eigenvalue weighted by Crippen LogP contribution is 2.43. The first-order valence-corrected chi connectivity index (χ1v) is 37.0. The van der Waals surface area contributed by atoms with Crippen LogP contribution in [0.4, 0.5) is 0 Å². The summed E-state index contributed by atoms with van der Waals surface area (Å²) in [5, 5.41) is 3.07. The second kappa shape index (κ2) is 62.0. The number of phosphoric acid groups is 1. The Bertz CT molecular complexity index is 1540. The maximum atomic E-state index is 13.6. The van der Waals surface area contributed by atoms with Crippen LogP contribution in [0.15, 0.2) is 48.6 Å². The van der Waals surface area contributed by atoms with Crippen LogP contribution in [0.2, 0.25) is 0 Å². The molecule has 2 N–H and O–H groups in total. The molecule has 1 amide bonds. The first-order valence-electron chi connectivity index (χ1n) is 35.5. The van der Waals surface area contributed by atoms with E-state index in [0.717, 1.165) is 77.0 Å². The lowest BCUT2D eigenvalue weighted by Crippen LogP contribution is -2.47. The molecule has 0 heterocycles. The third-order valence-corrected chi connectivity index (χ3v) is 17.0. The predicted octanol–water partition coefficient (Wildman–Crippen LogP) is 22.4. The van der Waals surface area contributed by atoms with E-state index in [0.29, 0.717) is 23.9 Å². The van der Waals surface area contributed by atoms with Crippen molar-refractivity contribution in [2.75, 3.05) is 40.9 Å². The zero-order valence-corrected chi connectivity index (χ0v) is 56.1. The fourth-order valence-electron chi connectivity index (χ4n) is 10.5. The lowest BCUT2D eigenvalue weighted by Gasteiger charge is -2.27. The molecule has 3 atom stereocenters. The molecule has 0 aromatic rings. The van der Waals surface area contributed by atoms with Crippen LogP contribution in [-0.4, -0.2) is 74.3 Å². The van der Waals surface area contributed by atoms with Crippen LogP contribution in [-0.2, 0) is 27.9 Å². The molecule has 0 rings (SSSR count). The number of likely N-dealkylation sites (N-methyl/N-ethyl adjacent to an activating group) is 1. The number of unbranched alkanes of at least 4 members (excludes halogenated alkanes) is 43. The van der Waals surface area contributed by atoms with Gasteiger partial charge in [0, 0.05) is 12.8 Å². The fourth-order valence-corrected chi connectivity index (χ4v) is 11.3. The molecule has 0 saturated carbocycles. The van der Waals surface area contributed by atoms with Crippen LogP contribution in [0, 0.1) is 0 Å². The number of carbonyl (C=O) groups excluding carboxylic acids is 2. The summed E-state index contributed by atoms with van der Waals surface area (Å²) >= 11 is 0. The van der Waals surface area contributed by atoms with Crippen molar-refractivity contribution in [1.82, 2.24) is 5.32 Å².